The topological polar surface area (TPSA) is 59.0 Å². The largest absolute Gasteiger partial charge is 0.457 e. The number of benzene rings is 3. The molecule has 0 N–H and O–H groups in total. The summed E-state index contributed by atoms with van der Waals surface area (Å²) in [6.45, 7) is 3.13. The van der Waals surface area contributed by atoms with E-state index < -0.39 is 29.5 Å². The van der Waals surface area contributed by atoms with E-state index in [2.05, 4.69) is 5.10 Å². The summed E-state index contributed by atoms with van der Waals surface area (Å²) in [5.74, 6) is -2.50. The van der Waals surface area contributed by atoms with Crippen LogP contribution in [0, 0.1) is 0 Å². The third kappa shape index (κ3) is 6.34. The van der Waals surface area contributed by atoms with Crippen molar-refractivity contribution in [2.75, 3.05) is 0 Å². The molecule has 1 heterocycles. The first kappa shape index (κ1) is 27.6. The van der Waals surface area contributed by atoms with E-state index in [-0.39, 0.29) is 35.6 Å². The van der Waals surface area contributed by atoms with E-state index >= 15 is 0 Å². The van der Waals surface area contributed by atoms with E-state index in [1.807, 2.05) is 36.4 Å². The average Bonchev–Trinajstić information content (AvgIpc) is 2.95. The van der Waals surface area contributed by atoms with Gasteiger partial charge >= 0.3 is 12.1 Å². The maximum atomic E-state index is 14.0. The smallest absolute Gasteiger partial charge is 0.416 e. The lowest BCUT2D eigenvalue weighted by Crippen LogP contribution is -2.36. The summed E-state index contributed by atoms with van der Waals surface area (Å²) in [6.07, 6.45) is -1.54. The second-order valence-corrected chi connectivity index (χ2v) is 8.92. The van der Waals surface area contributed by atoms with Gasteiger partial charge < -0.3 is 4.74 Å². The predicted octanol–water partition coefficient (Wildman–Crippen LogP) is 7.13. The van der Waals surface area contributed by atoms with Gasteiger partial charge in [0.25, 0.3) is 5.91 Å². The molecule has 0 aromatic heterocycles. The fourth-order valence-corrected chi connectivity index (χ4v) is 4.45. The van der Waals surface area contributed by atoms with Gasteiger partial charge in [0, 0.05) is 6.08 Å². The molecular formula is C31H27F3N2O3. The lowest BCUT2D eigenvalue weighted by molar-refractivity contribution is -0.142. The second kappa shape index (κ2) is 11.9. The van der Waals surface area contributed by atoms with Gasteiger partial charge in [0.2, 0.25) is 0 Å². The summed E-state index contributed by atoms with van der Waals surface area (Å²) < 4.78 is 47.7. The van der Waals surface area contributed by atoms with Crippen molar-refractivity contribution < 1.29 is 27.5 Å². The average molecular weight is 533 g/mol. The lowest BCUT2D eigenvalue weighted by Gasteiger charge is -2.33. The van der Waals surface area contributed by atoms with E-state index in [4.69, 9.17) is 4.74 Å². The highest BCUT2D eigenvalue weighted by Crippen LogP contribution is 2.42. The first-order chi connectivity index (χ1) is 18.7. The van der Waals surface area contributed by atoms with Gasteiger partial charge in [0.05, 0.1) is 28.5 Å². The number of hydrogen-bond donors (Lipinski definition) is 0. The molecule has 1 aliphatic heterocycles. The minimum Gasteiger partial charge on any atom is -0.457 e. The highest BCUT2D eigenvalue weighted by atomic mass is 19.4. The maximum Gasteiger partial charge on any atom is 0.416 e. The van der Waals surface area contributed by atoms with Crippen LogP contribution in [0.4, 0.5) is 13.2 Å². The molecule has 1 atom stereocenters. The Balaban J connectivity index is 1.79. The number of carbonyl (C=O) groups is 2. The van der Waals surface area contributed by atoms with Crippen LogP contribution in [0.15, 0.2) is 107 Å². The molecule has 0 saturated carbocycles. The zero-order valence-corrected chi connectivity index (χ0v) is 21.5. The second-order valence-electron chi connectivity index (χ2n) is 8.92. The van der Waals surface area contributed by atoms with E-state index in [0.29, 0.717) is 0 Å². The molecule has 3 aromatic rings. The number of hydrazone groups is 1. The number of halogens is 3. The molecule has 39 heavy (non-hydrogen) atoms. The zero-order chi connectivity index (χ0) is 28.0. The number of esters is 1. The Morgan fingerprint density at radius 3 is 2.21 bits per heavy atom. The Kier molecular flexibility index (Phi) is 8.44. The van der Waals surface area contributed by atoms with Crippen molar-refractivity contribution >= 4 is 23.7 Å². The highest BCUT2D eigenvalue weighted by molar-refractivity contribution is 6.07. The lowest BCUT2D eigenvalue weighted by atomic mass is 9.81. The van der Waals surface area contributed by atoms with Gasteiger partial charge in [-0.15, -0.1) is 0 Å². The van der Waals surface area contributed by atoms with Crippen molar-refractivity contribution in [2.45, 2.75) is 39.0 Å². The van der Waals surface area contributed by atoms with E-state index in [1.165, 1.54) is 31.2 Å². The molecule has 1 aliphatic rings. The van der Waals surface area contributed by atoms with E-state index in [9.17, 15) is 22.8 Å². The Morgan fingerprint density at radius 2 is 1.56 bits per heavy atom. The summed E-state index contributed by atoms with van der Waals surface area (Å²) in [5.41, 5.74) is 0.792. The van der Waals surface area contributed by atoms with Crippen LogP contribution in [-0.2, 0) is 27.1 Å². The zero-order valence-electron chi connectivity index (χ0n) is 21.5. The number of hydrogen-bond acceptors (Lipinski definition) is 4. The fraction of sp³-hybridized carbons (Fsp3) is 0.194. The van der Waals surface area contributed by atoms with Crippen LogP contribution < -0.4 is 0 Å². The summed E-state index contributed by atoms with van der Waals surface area (Å²) in [4.78, 5) is 26.8. The van der Waals surface area contributed by atoms with Gasteiger partial charge in [-0.3, -0.25) is 4.79 Å². The minimum atomic E-state index is -4.66. The third-order valence-electron chi connectivity index (χ3n) is 6.36. The van der Waals surface area contributed by atoms with Crippen LogP contribution in [-0.4, -0.2) is 22.6 Å². The van der Waals surface area contributed by atoms with Crippen molar-refractivity contribution in [1.29, 1.82) is 0 Å². The summed E-state index contributed by atoms with van der Waals surface area (Å²) >= 11 is 0. The minimum absolute atomic E-state index is 0.0593. The van der Waals surface area contributed by atoms with Crippen LogP contribution in [0.25, 0.3) is 6.08 Å². The normalized spacial score (nSPS) is 15.9. The first-order valence-electron chi connectivity index (χ1n) is 12.4. The van der Waals surface area contributed by atoms with Crippen molar-refractivity contribution in [3.63, 3.8) is 0 Å². The van der Waals surface area contributed by atoms with Crippen molar-refractivity contribution in [1.82, 2.24) is 5.01 Å². The number of nitrogens with zero attached hydrogens (tertiary/aromatic N) is 2. The number of amides is 1. The van der Waals surface area contributed by atoms with Gasteiger partial charge in [-0.25, -0.2) is 9.80 Å². The van der Waals surface area contributed by atoms with Crippen molar-refractivity contribution in [3.05, 3.63) is 125 Å². The molecule has 200 valence electrons. The molecule has 1 unspecified atom stereocenters. The molecule has 0 saturated heterocycles. The van der Waals surface area contributed by atoms with Gasteiger partial charge in [0.15, 0.2) is 0 Å². The number of ether oxygens (including phenoxy) is 1. The van der Waals surface area contributed by atoms with Gasteiger partial charge in [-0.1, -0.05) is 85.8 Å². The van der Waals surface area contributed by atoms with Crippen LogP contribution in [0.3, 0.4) is 0 Å². The number of carbonyl (C=O) groups excluding carboxylic acids is 2. The molecule has 0 spiro atoms. The molecule has 1 amide bonds. The number of allylic oxidation sites excluding steroid dienone is 1. The summed E-state index contributed by atoms with van der Waals surface area (Å²) in [6, 6.07) is 23.2. The number of rotatable bonds is 7. The molecule has 0 radical (unpaired) electrons. The maximum absolute atomic E-state index is 14.0. The van der Waals surface area contributed by atoms with Crippen LogP contribution in [0.1, 0.15) is 48.4 Å². The van der Waals surface area contributed by atoms with Crippen molar-refractivity contribution in [2.24, 2.45) is 5.10 Å². The standard InChI is InChI=1S/C31H27F3N2O3/c1-3-26-29(24-16-10-11-17-25(24)31(32,33)34)28(30(38)39-20-23-14-8-5-9-15-23)21(2)36(35-26)27(37)19-18-22-12-6-4-7-13-22/h4-19,29H,3,20H2,1-2H3. The Bertz CT molecular complexity index is 1430. The fourth-order valence-electron chi connectivity index (χ4n) is 4.45. The first-order valence-corrected chi connectivity index (χ1v) is 12.4. The molecular weight excluding hydrogens is 505 g/mol. The van der Waals surface area contributed by atoms with Gasteiger partial charge in [0.1, 0.15) is 6.61 Å². The summed E-state index contributed by atoms with van der Waals surface area (Å²) in [7, 11) is 0. The summed E-state index contributed by atoms with van der Waals surface area (Å²) in [5, 5.41) is 5.50. The van der Waals surface area contributed by atoms with E-state index in [0.717, 1.165) is 22.2 Å². The van der Waals surface area contributed by atoms with Crippen LogP contribution in [0.2, 0.25) is 0 Å². The molecule has 0 bridgehead atoms. The number of alkyl halides is 3. The molecule has 8 heteroatoms. The monoisotopic (exact) mass is 532 g/mol. The Morgan fingerprint density at radius 1 is 0.949 bits per heavy atom. The van der Waals surface area contributed by atoms with E-state index in [1.54, 1.807) is 37.3 Å². The predicted molar refractivity (Wildman–Crippen MR) is 143 cm³/mol. The molecule has 0 aliphatic carbocycles. The molecule has 3 aromatic carbocycles. The van der Waals surface area contributed by atoms with Crippen LogP contribution >= 0.6 is 0 Å². The highest BCUT2D eigenvalue weighted by Gasteiger charge is 2.42. The van der Waals surface area contributed by atoms with Crippen LogP contribution in [0.5, 0.6) is 0 Å². The Labute approximate surface area is 224 Å². The molecule has 0 fully saturated rings. The van der Waals surface area contributed by atoms with Gasteiger partial charge in [-0.2, -0.15) is 18.3 Å². The SMILES string of the molecule is CCC1=NN(C(=O)C=Cc2ccccc2)C(C)=C(C(=O)OCc2ccccc2)C1c1ccccc1C(F)(F)F. The Hall–Kier alpha value is -4.46. The van der Waals surface area contributed by atoms with Crippen molar-refractivity contribution in [3.8, 4) is 0 Å². The quantitative estimate of drug-likeness (QED) is 0.240. The molecule has 5 nitrogen and oxygen atoms in total. The van der Waals surface area contributed by atoms with Gasteiger partial charge in [-0.05, 0) is 42.2 Å². The third-order valence-corrected chi connectivity index (χ3v) is 6.36. The molecule has 4 rings (SSSR count).